The van der Waals surface area contributed by atoms with Gasteiger partial charge in [-0.25, -0.2) is 18.0 Å². The molecule has 6 aromatic rings. The highest BCUT2D eigenvalue weighted by Crippen LogP contribution is 2.52. The van der Waals surface area contributed by atoms with Crippen LogP contribution in [0.2, 0.25) is 0 Å². The third-order valence-corrected chi connectivity index (χ3v) is 12.5. The van der Waals surface area contributed by atoms with E-state index in [2.05, 4.69) is 41.4 Å². The number of thioether (sulfide) groups is 1. The van der Waals surface area contributed by atoms with Crippen LogP contribution in [-0.2, 0) is 26.1 Å². The highest BCUT2D eigenvalue weighted by atomic mass is 32.2. The molecule has 0 radical (unpaired) electrons. The predicted octanol–water partition coefficient (Wildman–Crippen LogP) is 6.56. The number of hydrogen-bond acceptors (Lipinski definition) is 7. The van der Waals surface area contributed by atoms with Gasteiger partial charge in [-0.2, -0.15) is 4.31 Å². The molecule has 1 fully saturated rings. The first kappa shape index (κ1) is 32.8. The van der Waals surface area contributed by atoms with Gasteiger partial charge in [0.25, 0.3) is 0 Å². The van der Waals surface area contributed by atoms with Gasteiger partial charge in [-0.05, 0) is 46.9 Å². The van der Waals surface area contributed by atoms with Crippen molar-refractivity contribution in [2.45, 2.75) is 34.0 Å². The highest BCUT2D eigenvalue weighted by Gasteiger charge is 2.46. The maximum atomic E-state index is 14.5. The van der Waals surface area contributed by atoms with Crippen molar-refractivity contribution in [1.82, 2.24) is 9.29 Å². The van der Waals surface area contributed by atoms with E-state index in [4.69, 9.17) is 9.15 Å². The van der Waals surface area contributed by atoms with Gasteiger partial charge in [0.05, 0.1) is 33.8 Å². The normalized spacial score (nSPS) is 17.0. The van der Waals surface area contributed by atoms with E-state index in [1.807, 2.05) is 84.9 Å². The summed E-state index contributed by atoms with van der Waals surface area (Å²) in [5, 5.41) is -0.151. The van der Waals surface area contributed by atoms with Crippen LogP contribution in [0.4, 0.5) is 0 Å². The van der Waals surface area contributed by atoms with E-state index < -0.39 is 32.2 Å². The number of rotatable bonds is 11. The Morgan fingerprint density at radius 2 is 1.33 bits per heavy atom. The molecule has 5 aromatic carbocycles. The Morgan fingerprint density at radius 3 is 1.90 bits per heavy atom. The number of fused-ring (bicyclic) bond motifs is 1. The summed E-state index contributed by atoms with van der Waals surface area (Å²) in [6, 6.07) is 44.4. The first-order valence-electron chi connectivity index (χ1n) is 16.0. The first-order chi connectivity index (χ1) is 23.8. The van der Waals surface area contributed by atoms with Gasteiger partial charge in [0, 0.05) is 17.8 Å². The number of sulfonamides is 1. The maximum Gasteiger partial charge on any atom is 0.419 e. The molecule has 0 amide bonds. The summed E-state index contributed by atoms with van der Waals surface area (Å²) >= 11 is 1.75. The van der Waals surface area contributed by atoms with Gasteiger partial charge in [-0.1, -0.05) is 121 Å². The lowest BCUT2D eigenvalue weighted by molar-refractivity contribution is 0.0873. The summed E-state index contributed by atoms with van der Waals surface area (Å²) < 4.78 is 40.7. The number of aromatic amines is 1. The van der Waals surface area contributed by atoms with Crippen LogP contribution >= 0.6 is 11.8 Å². The first-order valence-corrected chi connectivity index (χ1v) is 18.3. The average Bonchev–Trinajstić information content (AvgIpc) is 3.55. The second-order valence-electron chi connectivity index (χ2n) is 12.0. The Balaban J connectivity index is 1.28. The standard InChI is InChI=1S/C39H34N2O6S2/c42-37-35-24-34(21-22-36(35)40-38(43)47-37)49(44,45)41-25-33(23-32(41)27-46-26-28-13-5-1-6-14-28)48-39(29-15-7-2-8-16-29,30-17-9-3-10-18-30)31-19-11-4-12-20-31/h1-22,24,32-33H,23,25-27H2,(H,40,43). The van der Waals surface area contributed by atoms with Crippen LogP contribution in [0, 0.1) is 0 Å². The van der Waals surface area contributed by atoms with Crippen molar-refractivity contribution in [2.24, 2.45) is 0 Å². The fraction of sp³-hybridized carbons (Fsp3) is 0.179. The van der Waals surface area contributed by atoms with Gasteiger partial charge in [-0.3, -0.25) is 4.98 Å². The lowest BCUT2D eigenvalue weighted by Crippen LogP contribution is -2.38. The molecule has 0 bridgehead atoms. The van der Waals surface area contributed by atoms with E-state index in [1.54, 1.807) is 11.8 Å². The Bertz CT molecular complexity index is 2170. The molecule has 0 saturated carbocycles. The number of nitrogens with zero attached hydrogens (tertiary/aromatic N) is 1. The summed E-state index contributed by atoms with van der Waals surface area (Å²) in [6.07, 6.45) is 0.538. The minimum absolute atomic E-state index is 0.0149. The van der Waals surface area contributed by atoms with Gasteiger partial charge in [0.2, 0.25) is 10.0 Å². The molecule has 0 aliphatic carbocycles. The van der Waals surface area contributed by atoms with E-state index in [0.717, 1.165) is 22.3 Å². The van der Waals surface area contributed by atoms with Crippen molar-refractivity contribution >= 4 is 32.7 Å². The largest absolute Gasteiger partial charge is 0.419 e. The predicted molar refractivity (Wildman–Crippen MR) is 192 cm³/mol. The van der Waals surface area contributed by atoms with Crippen LogP contribution in [-0.4, -0.2) is 42.2 Å². The SMILES string of the molecule is O=c1[nH]c2ccc(S(=O)(=O)N3CC(SC(c4ccccc4)(c4ccccc4)c4ccccc4)CC3COCc3ccccc3)cc2c(=O)o1. The van der Waals surface area contributed by atoms with Crippen molar-refractivity contribution in [3.63, 3.8) is 0 Å². The second kappa shape index (κ2) is 14.0. The maximum absolute atomic E-state index is 14.5. The molecule has 1 aromatic heterocycles. The summed E-state index contributed by atoms with van der Waals surface area (Å²) in [7, 11) is -4.12. The van der Waals surface area contributed by atoms with E-state index in [0.29, 0.717) is 13.0 Å². The van der Waals surface area contributed by atoms with Gasteiger partial charge in [-0.15, -0.1) is 11.8 Å². The quantitative estimate of drug-likeness (QED) is 0.154. The third-order valence-electron chi connectivity index (χ3n) is 8.87. The Hall–Kier alpha value is -4.74. The molecule has 1 aliphatic rings. The molecule has 2 atom stereocenters. The number of ether oxygens (including phenoxy) is 1. The zero-order chi connectivity index (χ0) is 33.8. The van der Waals surface area contributed by atoms with Crippen LogP contribution in [0.1, 0.15) is 28.7 Å². The van der Waals surface area contributed by atoms with Crippen molar-refractivity contribution in [2.75, 3.05) is 13.2 Å². The van der Waals surface area contributed by atoms with Crippen LogP contribution < -0.4 is 11.4 Å². The molecule has 10 heteroatoms. The van der Waals surface area contributed by atoms with E-state index in [9.17, 15) is 18.0 Å². The molecular weight excluding hydrogens is 657 g/mol. The number of aromatic nitrogens is 1. The molecule has 1 aliphatic heterocycles. The number of nitrogens with one attached hydrogen (secondary N) is 1. The van der Waals surface area contributed by atoms with Gasteiger partial charge in [0.1, 0.15) is 0 Å². The summed E-state index contributed by atoms with van der Waals surface area (Å²) in [4.78, 5) is 26.7. The zero-order valence-corrected chi connectivity index (χ0v) is 28.1. The number of H-pyrrole nitrogens is 1. The van der Waals surface area contributed by atoms with Gasteiger partial charge >= 0.3 is 11.4 Å². The molecular formula is C39H34N2O6S2. The molecule has 1 saturated heterocycles. The molecule has 49 heavy (non-hydrogen) atoms. The highest BCUT2D eigenvalue weighted by molar-refractivity contribution is 8.01. The van der Waals surface area contributed by atoms with Crippen LogP contribution in [0.3, 0.4) is 0 Å². The molecule has 1 N–H and O–H groups in total. The molecule has 8 nitrogen and oxygen atoms in total. The average molecular weight is 691 g/mol. The van der Waals surface area contributed by atoms with Crippen molar-refractivity contribution in [3.05, 3.63) is 183 Å². The van der Waals surface area contributed by atoms with E-state index in [1.165, 1.54) is 22.5 Å². The monoisotopic (exact) mass is 690 g/mol. The second-order valence-corrected chi connectivity index (χ2v) is 15.4. The van der Waals surface area contributed by atoms with E-state index in [-0.39, 0.29) is 34.2 Å². The third kappa shape index (κ3) is 6.65. The topological polar surface area (TPSA) is 110 Å². The Labute approximate surface area is 288 Å². The molecule has 2 heterocycles. The zero-order valence-electron chi connectivity index (χ0n) is 26.5. The van der Waals surface area contributed by atoms with E-state index >= 15 is 0 Å². The molecule has 248 valence electrons. The fourth-order valence-corrected chi connectivity index (χ4v) is 10.3. The van der Waals surface area contributed by atoms with Gasteiger partial charge in [0.15, 0.2) is 0 Å². The van der Waals surface area contributed by atoms with Crippen LogP contribution in [0.5, 0.6) is 0 Å². The fourth-order valence-electron chi connectivity index (χ4n) is 6.61. The van der Waals surface area contributed by atoms with Crippen molar-refractivity contribution in [1.29, 1.82) is 0 Å². The van der Waals surface area contributed by atoms with Crippen molar-refractivity contribution < 1.29 is 17.6 Å². The van der Waals surface area contributed by atoms with Crippen LogP contribution in [0.15, 0.2) is 158 Å². The Kier molecular flexibility index (Phi) is 9.38. The molecule has 2 unspecified atom stereocenters. The summed E-state index contributed by atoms with van der Waals surface area (Å²) in [6.45, 7) is 0.748. The smallest absolute Gasteiger partial charge is 0.375 e. The summed E-state index contributed by atoms with van der Waals surface area (Å²) in [5.41, 5.74) is 3.57. The van der Waals surface area contributed by atoms with Gasteiger partial charge < -0.3 is 9.15 Å². The molecule has 7 rings (SSSR count). The molecule has 0 spiro atoms. The minimum atomic E-state index is -4.12. The minimum Gasteiger partial charge on any atom is -0.375 e. The number of hydrogen-bond donors (Lipinski definition) is 1. The van der Waals surface area contributed by atoms with Crippen LogP contribution in [0.25, 0.3) is 10.9 Å². The number of benzene rings is 5. The lowest BCUT2D eigenvalue weighted by atomic mass is 9.84. The Morgan fingerprint density at radius 1 is 0.776 bits per heavy atom. The lowest BCUT2D eigenvalue weighted by Gasteiger charge is -2.37. The van der Waals surface area contributed by atoms with Crippen molar-refractivity contribution in [3.8, 4) is 0 Å². The summed E-state index contributed by atoms with van der Waals surface area (Å²) in [5.74, 6) is -0.901.